The SMILES string of the molecule is CC(CC(=O)N1CCCC2CCCCC21)N(N)c1cccc(Cl)c1N. The maximum Gasteiger partial charge on any atom is 0.224 e. The van der Waals surface area contributed by atoms with Crippen LogP contribution in [0.5, 0.6) is 0 Å². The molecule has 2 aliphatic rings. The average Bonchev–Trinajstić information content (AvgIpc) is 2.62. The van der Waals surface area contributed by atoms with Gasteiger partial charge in [0.15, 0.2) is 0 Å². The molecule has 2 fully saturated rings. The Labute approximate surface area is 155 Å². The van der Waals surface area contributed by atoms with Crippen molar-refractivity contribution < 1.29 is 4.79 Å². The molecule has 3 rings (SSSR count). The topological polar surface area (TPSA) is 75.6 Å². The smallest absolute Gasteiger partial charge is 0.224 e. The molecule has 5 nitrogen and oxygen atoms in total. The van der Waals surface area contributed by atoms with Crippen LogP contribution in [0, 0.1) is 5.92 Å². The summed E-state index contributed by atoms with van der Waals surface area (Å²) in [6, 6.07) is 5.68. The van der Waals surface area contributed by atoms with Crippen molar-refractivity contribution in [3.8, 4) is 0 Å². The summed E-state index contributed by atoms with van der Waals surface area (Å²) in [5.41, 5.74) is 7.16. The van der Waals surface area contributed by atoms with Gasteiger partial charge in [0.1, 0.15) is 0 Å². The number of halogens is 1. The molecule has 138 valence electrons. The molecule has 0 spiro atoms. The van der Waals surface area contributed by atoms with Crippen LogP contribution in [0.4, 0.5) is 11.4 Å². The van der Waals surface area contributed by atoms with Gasteiger partial charge in [-0.25, -0.2) is 5.84 Å². The number of benzene rings is 1. The first kappa shape index (κ1) is 18.3. The van der Waals surface area contributed by atoms with Gasteiger partial charge in [-0.2, -0.15) is 0 Å². The molecule has 0 bridgehead atoms. The Morgan fingerprint density at radius 1 is 1.32 bits per heavy atom. The van der Waals surface area contributed by atoms with E-state index in [9.17, 15) is 4.79 Å². The zero-order valence-corrected chi connectivity index (χ0v) is 15.7. The van der Waals surface area contributed by atoms with Crippen molar-refractivity contribution in [1.29, 1.82) is 0 Å². The monoisotopic (exact) mass is 364 g/mol. The van der Waals surface area contributed by atoms with Crippen molar-refractivity contribution in [1.82, 2.24) is 4.90 Å². The summed E-state index contributed by atoms with van der Waals surface area (Å²) < 4.78 is 0. The van der Waals surface area contributed by atoms with Crippen molar-refractivity contribution in [3.05, 3.63) is 23.2 Å². The summed E-state index contributed by atoms with van der Waals surface area (Å²) in [4.78, 5) is 15.1. The Morgan fingerprint density at radius 2 is 2.04 bits per heavy atom. The van der Waals surface area contributed by atoms with Crippen LogP contribution < -0.4 is 16.6 Å². The Bertz CT molecular complexity index is 621. The first-order chi connectivity index (χ1) is 12.0. The van der Waals surface area contributed by atoms with Gasteiger partial charge in [0, 0.05) is 19.0 Å². The number of hydrogen-bond donors (Lipinski definition) is 2. The first-order valence-electron chi connectivity index (χ1n) is 9.36. The van der Waals surface area contributed by atoms with Crippen LogP contribution in [0.3, 0.4) is 0 Å². The van der Waals surface area contributed by atoms with Crippen molar-refractivity contribution in [2.45, 2.75) is 64.0 Å². The van der Waals surface area contributed by atoms with Crippen molar-refractivity contribution in [2.75, 3.05) is 17.3 Å². The highest BCUT2D eigenvalue weighted by molar-refractivity contribution is 6.33. The maximum absolute atomic E-state index is 12.9. The summed E-state index contributed by atoms with van der Waals surface area (Å²) >= 11 is 6.08. The summed E-state index contributed by atoms with van der Waals surface area (Å²) in [5, 5.41) is 2.05. The lowest BCUT2D eigenvalue weighted by atomic mass is 9.78. The molecule has 25 heavy (non-hydrogen) atoms. The maximum atomic E-state index is 12.9. The molecule has 4 N–H and O–H groups in total. The second-order valence-corrected chi connectivity index (χ2v) is 7.88. The first-order valence-corrected chi connectivity index (χ1v) is 9.74. The molecule has 1 saturated heterocycles. The zero-order chi connectivity index (χ0) is 18.0. The second kappa shape index (κ2) is 7.83. The fourth-order valence-corrected chi connectivity index (χ4v) is 4.56. The van der Waals surface area contributed by atoms with E-state index in [1.807, 2.05) is 19.1 Å². The highest BCUT2D eigenvalue weighted by Gasteiger charge is 2.36. The minimum Gasteiger partial charge on any atom is -0.396 e. The molecule has 1 aromatic carbocycles. The molecule has 6 heteroatoms. The predicted molar refractivity (Wildman–Crippen MR) is 103 cm³/mol. The van der Waals surface area contributed by atoms with Gasteiger partial charge in [-0.15, -0.1) is 0 Å². The highest BCUT2D eigenvalue weighted by atomic mass is 35.5. The van der Waals surface area contributed by atoms with E-state index in [4.69, 9.17) is 23.2 Å². The van der Waals surface area contributed by atoms with Crippen LogP contribution in [0.2, 0.25) is 5.02 Å². The number of hydrogen-bond acceptors (Lipinski definition) is 4. The number of nitrogens with zero attached hydrogens (tertiary/aromatic N) is 2. The molecule has 1 saturated carbocycles. The lowest BCUT2D eigenvalue weighted by Crippen LogP contribution is -2.51. The van der Waals surface area contributed by atoms with E-state index in [0.717, 1.165) is 19.4 Å². The number of nitrogen functional groups attached to an aromatic ring is 1. The molecule has 3 atom stereocenters. The Morgan fingerprint density at radius 3 is 2.84 bits per heavy atom. The van der Waals surface area contributed by atoms with Gasteiger partial charge in [0.05, 0.1) is 22.4 Å². The number of likely N-dealkylation sites (tertiary alicyclic amines) is 1. The Balaban J connectivity index is 1.66. The minimum atomic E-state index is -0.141. The fraction of sp³-hybridized carbons (Fsp3) is 0.632. The average molecular weight is 365 g/mol. The van der Waals surface area contributed by atoms with Crippen LogP contribution >= 0.6 is 11.6 Å². The van der Waals surface area contributed by atoms with E-state index in [0.29, 0.717) is 34.8 Å². The number of carbonyl (C=O) groups is 1. The van der Waals surface area contributed by atoms with Gasteiger partial charge in [-0.05, 0) is 50.7 Å². The summed E-state index contributed by atoms with van der Waals surface area (Å²) in [7, 11) is 0. The number of rotatable bonds is 4. The highest BCUT2D eigenvalue weighted by Crippen LogP contribution is 2.36. The number of hydrazine groups is 1. The number of piperidine rings is 1. The van der Waals surface area contributed by atoms with E-state index in [2.05, 4.69) is 4.90 Å². The lowest BCUT2D eigenvalue weighted by molar-refractivity contribution is -0.137. The fourth-order valence-electron chi connectivity index (χ4n) is 4.39. The van der Waals surface area contributed by atoms with E-state index < -0.39 is 0 Å². The van der Waals surface area contributed by atoms with Crippen molar-refractivity contribution in [3.63, 3.8) is 0 Å². The van der Waals surface area contributed by atoms with Crippen LogP contribution in [0.1, 0.15) is 51.9 Å². The molecular weight excluding hydrogens is 336 g/mol. The van der Waals surface area contributed by atoms with E-state index in [1.54, 1.807) is 11.1 Å². The number of nitrogens with two attached hydrogens (primary N) is 2. The normalized spacial score (nSPS) is 24.5. The zero-order valence-electron chi connectivity index (χ0n) is 15.0. The second-order valence-electron chi connectivity index (χ2n) is 7.47. The third kappa shape index (κ3) is 3.87. The molecule has 1 aromatic rings. The van der Waals surface area contributed by atoms with Gasteiger partial charge in [0.25, 0.3) is 0 Å². The molecule has 1 aliphatic carbocycles. The van der Waals surface area contributed by atoms with E-state index >= 15 is 0 Å². The minimum absolute atomic E-state index is 0.141. The number of fused-ring (bicyclic) bond motifs is 1. The van der Waals surface area contributed by atoms with Gasteiger partial charge >= 0.3 is 0 Å². The molecule has 1 heterocycles. The number of para-hydroxylation sites is 1. The number of amides is 1. The molecule has 0 radical (unpaired) electrons. The van der Waals surface area contributed by atoms with Crippen molar-refractivity contribution >= 4 is 28.9 Å². The van der Waals surface area contributed by atoms with E-state index in [-0.39, 0.29) is 11.9 Å². The number of carbonyl (C=O) groups excluding carboxylic acids is 1. The summed E-state index contributed by atoms with van der Waals surface area (Å²) in [6.45, 7) is 2.84. The Kier molecular flexibility index (Phi) is 5.74. The Hall–Kier alpha value is -1.46. The van der Waals surface area contributed by atoms with Gasteiger partial charge in [-0.1, -0.05) is 30.5 Å². The standard InChI is InChI=1S/C19H29ClN4O/c1-13(24(22)17-10-4-8-15(20)19(17)21)12-18(25)23-11-5-7-14-6-2-3-9-16(14)23/h4,8,10,13-14,16H,2-3,5-7,9,11-12,21-22H2,1H3. The van der Waals surface area contributed by atoms with Gasteiger partial charge in [0.2, 0.25) is 5.91 Å². The predicted octanol–water partition coefficient (Wildman–Crippen LogP) is 3.56. The largest absolute Gasteiger partial charge is 0.396 e. The van der Waals surface area contributed by atoms with Crippen LogP contribution in [0.15, 0.2) is 18.2 Å². The van der Waals surface area contributed by atoms with Crippen LogP contribution in [-0.4, -0.2) is 29.4 Å². The lowest BCUT2D eigenvalue weighted by Gasteiger charge is -2.44. The summed E-state index contributed by atoms with van der Waals surface area (Å²) in [6.07, 6.45) is 7.75. The third-order valence-corrected chi connectivity index (χ3v) is 6.15. The molecule has 1 aliphatic heterocycles. The van der Waals surface area contributed by atoms with E-state index in [1.165, 1.54) is 25.7 Å². The van der Waals surface area contributed by atoms with Crippen LogP contribution in [0.25, 0.3) is 0 Å². The quantitative estimate of drug-likeness (QED) is 0.486. The number of anilines is 2. The summed E-state index contributed by atoms with van der Waals surface area (Å²) in [5.74, 6) is 7.14. The van der Waals surface area contributed by atoms with Crippen LogP contribution in [-0.2, 0) is 4.79 Å². The molecule has 1 amide bonds. The van der Waals surface area contributed by atoms with Crippen molar-refractivity contribution in [2.24, 2.45) is 11.8 Å². The third-order valence-electron chi connectivity index (χ3n) is 5.82. The molecule has 3 unspecified atom stereocenters. The molecular formula is C19H29ClN4O. The van der Waals surface area contributed by atoms with Gasteiger partial charge < -0.3 is 15.6 Å². The molecule has 0 aromatic heterocycles. The van der Waals surface area contributed by atoms with Gasteiger partial charge in [-0.3, -0.25) is 4.79 Å².